The molecule has 0 aromatic carbocycles. The molecule has 272 valence electrons. The lowest BCUT2D eigenvalue weighted by Gasteiger charge is -2.18. The van der Waals surface area contributed by atoms with Crippen LogP contribution in [0, 0.1) is 0 Å². The van der Waals surface area contributed by atoms with Gasteiger partial charge in [-0.25, -0.2) is 0 Å². The number of hydrogen-bond donors (Lipinski definition) is 0. The van der Waals surface area contributed by atoms with E-state index in [9.17, 15) is 14.4 Å². The average molecular weight is 661 g/mol. The largest absolute Gasteiger partial charge is 0.462 e. The zero-order chi connectivity index (χ0) is 34.5. The molecular formula is C41H72O6. The van der Waals surface area contributed by atoms with Gasteiger partial charge in [-0.1, -0.05) is 147 Å². The minimum Gasteiger partial charge on any atom is -0.462 e. The summed E-state index contributed by atoms with van der Waals surface area (Å²) in [6.07, 6.45) is 38.6. The van der Waals surface area contributed by atoms with E-state index in [1.807, 2.05) is 0 Å². The van der Waals surface area contributed by atoms with Crippen molar-refractivity contribution in [1.82, 2.24) is 0 Å². The van der Waals surface area contributed by atoms with Gasteiger partial charge in [-0.3, -0.25) is 14.4 Å². The van der Waals surface area contributed by atoms with Gasteiger partial charge in [0.2, 0.25) is 0 Å². The summed E-state index contributed by atoms with van der Waals surface area (Å²) in [6.45, 7) is 6.46. The second-order valence-electron chi connectivity index (χ2n) is 12.8. The third-order valence-corrected chi connectivity index (χ3v) is 8.15. The van der Waals surface area contributed by atoms with Crippen LogP contribution in [-0.4, -0.2) is 37.2 Å². The highest BCUT2D eigenvalue weighted by Crippen LogP contribution is 2.12. The zero-order valence-electron chi connectivity index (χ0n) is 30.8. The molecule has 0 saturated heterocycles. The van der Waals surface area contributed by atoms with Gasteiger partial charge in [-0.2, -0.15) is 0 Å². The molecule has 0 radical (unpaired) electrons. The van der Waals surface area contributed by atoms with Crippen LogP contribution >= 0.6 is 0 Å². The average Bonchev–Trinajstić information content (AvgIpc) is 3.06. The van der Waals surface area contributed by atoms with Crippen LogP contribution in [0.2, 0.25) is 0 Å². The summed E-state index contributed by atoms with van der Waals surface area (Å²) in [5, 5.41) is 0. The van der Waals surface area contributed by atoms with Gasteiger partial charge in [0.25, 0.3) is 0 Å². The smallest absolute Gasteiger partial charge is 0.306 e. The SMILES string of the molecule is CCCCCC=CCC=CCC=CCCCCC(=O)OC(COC(=O)CCCCCCCCC)COC(=O)CCCCCCCCC. The minimum atomic E-state index is -0.781. The molecule has 6 nitrogen and oxygen atoms in total. The van der Waals surface area contributed by atoms with Crippen LogP contribution in [0.3, 0.4) is 0 Å². The summed E-state index contributed by atoms with van der Waals surface area (Å²) in [7, 11) is 0. The van der Waals surface area contributed by atoms with Gasteiger partial charge in [0.15, 0.2) is 6.10 Å². The third-order valence-electron chi connectivity index (χ3n) is 8.15. The molecule has 0 unspecified atom stereocenters. The summed E-state index contributed by atoms with van der Waals surface area (Å²) < 4.78 is 16.5. The van der Waals surface area contributed by atoms with Crippen LogP contribution in [0.25, 0.3) is 0 Å². The Bertz CT molecular complexity index is 781. The second kappa shape index (κ2) is 36.5. The van der Waals surface area contributed by atoms with Gasteiger partial charge in [0.1, 0.15) is 13.2 Å². The molecule has 6 heteroatoms. The van der Waals surface area contributed by atoms with Gasteiger partial charge in [0.05, 0.1) is 0 Å². The van der Waals surface area contributed by atoms with Gasteiger partial charge in [-0.05, 0) is 57.8 Å². The molecule has 0 aromatic heterocycles. The van der Waals surface area contributed by atoms with E-state index in [2.05, 4.69) is 57.2 Å². The zero-order valence-corrected chi connectivity index (χ0v) is 30.8. The molecule has 0 saturated carbocycles. The Kier molecular flexibility index (Phi) is 34.6. The second-order valence-corrected chi connectivity index (χ2v) is 12.8. The maximum Gasteiger partial charge on any atom is 0.306 e. The number of rotatable bonds is 34. The fraction of sp³-hybridized carbons (Fsp3) is 0.780. The van der Waals surface area contributed by atoms with E-state index in [-0.39, 0.29) is 37.5 Å². The van der Waals surface area contributed by atoms with Crippen LogP contribution in [-0.2, 0) is 28.6 Å². The van der Waals surface area contributed by atoms with Crippen molar-refractivity contribution >= 4 is 17.9 Å². The highest BCUT2D eigenvalue weighted by atomic mass is 16.6. The molecule has 47 heavy (non-hydrogen) atoms. The lowest BCUT2D eigenvalue weighted by Crippen LogP contribution is -2.30. The molecule has 0 N–H and O–H groups in total. The van der Waals surface area contributed by atoms with Crippen LogP contribution in [0.5, 0.6) is 0 Å². The van der Waals surface area contributed by atoms with Crippen LogP contribution in [0.15, 0.2) is 36.5 Å². The highest BCUT2D eigenvalue weighted by Gasteiger charge is 2.19. The van der Waals surface area contributed by atoms with Gasteiger partial charge >= 0.3 is 17.9 Å². The Morgan fingerprint density at radius 2 is 0.766 bits per heavy atom. The number of carbonyl (C=O) groups excluding carboxylic acids is 3. The lowest BCUT2D eigenvalue weighted by atomic mass is 10.1. The summed E-state index contributed by atoms with van der Waals surface area (Å²) in [6, 6.07) is 0. The topological polar surface area (TPSA) is 78.9 Å². The van der Waals surface area contributed by atoms with E-state index in [0.29, 0.717) is 19.3 Å². The molecule has 0 heterocycles. The number of allylic oxidation sites excluding steroid dienone is 6. The van der Waals surface area contributed by atoms with Crippen molar-refractivity contribution in [2.24, 2.45) is 0 Å². The van der Waals surface area contributed by atoms with Crippen LogP contribution in [0.4, 0.5) is 0 Å². The van der Waals surface area contributed by atoms with Gasteiger partial charge in [0, 0.05) is 19.3 Å². The molecule has 0 fully saturated rings. The van der Waals surface area contributed by atoms with E-state index < -0.39 is 6.10 Å². The number of hydrogen-bond acceptors (Lipinski definition) is 6. The first-order valence-electron chi connectivity index (χ1n) is 19.5. The Morgan fingerprint density at radius 3 is 1.23 bits per heavy atom. The van der Waals surface area contributed by atoms with Crippen molar-refractivity contribution in [1.29, 1.82) is 0 Å². The van der Waals surface area contributed by atoms with Crippen molar-refractivity contribution < 1.29 is 28.6 Å². The normalized spacial score (nSPS) is 11.7. The molecule has 0 atom stereocenters. The highest BCUT2D eigenvalue weighted by molar-refractivity contribution is 5.71. The molecule has 0 aromatic rings. The molecule has 0 amide bonds. The Morgan fingerprint density at radius 1 is 0.426 bits per heavy atom. The Balaban J connectivity index is 4.40. The Labute approximate surface area is 289 Å². The third kappa shape index (κ3) is 34.8. The number of carbonyl (C=O) groups is 3. The van der Waals surface area contributed by atoms with Crippen molar-refractivity contribution in [3.8, 4) is 0 Å². The van der Waals surface area contributed by atoms with Crippen molar-refractivity contribution in [2.45, 2.75) is 194 Å². The summed E-state index contributed by atoms with van der Waals surface area (Å²) in [5.74, 6) is -0.944. The molecule has 0 aliphatic rings. The first-order chi connectivity index (χ1) is 23.0. The Hall–Kier alpha value is -2.37. The molecular weight excluding hydrogens is 588 g/mol. The minimum absolute atomic E-state index is 0.0866. The van der Waals surface area contributed by atoms with Gasteiger partial charge < -0.3 is 14.2 Å². The lowest BCUT2D eigenvalue weighted by molar-refractivity contribution is -0.167. The molecule has 0 aliphatic heterocycles. The maximum atomic E-state index is 12.6. The summed E-state index contributed by atoms with van der Waals surface area (Å²) in [5.41, 5.74) is 0. The molecule has 0 aliphatic carbocycles. The fourth-order valence-electron chi connectivity index (χ4n) is 5.15. The van der Waals surface area contributed by atoms with E-state index in [4.69, 9.17) is 14.2 Å². The monoisotopic (exact) mass is 661 g/mol. The van der Waals surface area contributed by atoms with Crippen molar-refractivity contribution in [3.63, 3.8) is 0 Å². The number of unbranched alkanes of at least 4 members (excludes halogenated alkanes) is 17. The quantitative estimate of drug-likeness (QED) is 0.0296. The van der Waals surface area contributed by atoms with Crippen LogP contribution in [0.1, 0.15) is 188 Å². The summed E-state index contributed by atoms with van der Waals surface area (Å²) in [4.78, 5) is 37.2. The van der Waals surface area contributed by atoms with Crippen molar-refractivity contribution in [2.75, 3.05) is 13.2 Å². The first kappa shape index (κ1) is 44.6. The standard InChI is InChI=1S/C41H72O6/c1-4-7-10-13-16-17-18-19-20-21-22-23-26-29-32-35-41(44)47-38(36-45-39(42)33-30-27-24-14-11-8-5-2)37-46-40(43)34-31-28-25-15-12-9-6-3/h16-17,19-20,22-23,38H,4-15,18,21,24-37H2,1-3H3. The van der Waals surface area contributed by atoms with Crippen LogP contribution < -0.4 is 0 Å². The van der Waals surface area contributed by atoms with E-state index in [1.54, 1.807) is 0 Å². The number of ether oxygens (including phenoxy) is 3. The van der Waals surface area contributed by atoms with E-state index in [0.717, 1.165) is 64.2 Å². The predicted molar refractivity (Wildman–Crippen MR) is 196 cm³/mol. The van der Waals surface area contributed by atoms with E-state index >= 15 is 0 Å². The molecule has 0 spiro atoms. The predicted octanol–water partition coefficient (Wildman–Crippen LogP) is 11.9. The van der Waals surface area contributed by atoms with E-state index in [1.165, 1.54) is 77.0 Å². The van der Waals surface area contributed by atoms with Crippen molar-refractivity contribution in [3.05, 3.63) is 36.5 Å². The first-order valence-corrected chi connectivity index (χ1v) is 19.5. The summed E-state index contributed by atoms with van der Waals surface area (Å²) >= 11 is 0. The molecule has 0 rings (SSSR count). The number of esters is 3. The van der Waals surface area contributed by atoms with Gasteiger partial charge in [-0.15, -0.1) is 0 Å². The molecule has 0 bridgehead atoms. The fourth-order valence-corrected chi connectivity index (χ4v) is 5.15. The maximum absolute atomic E-state index is 12.6.